The van der Waals surface area contributed by atoms with Gasteiger partial charge in [0.05, 0.1) is 26.5 Å². The number of carbonyl (C=O) groups excluding carboxylic acids is 1. The molecule has 0 unspecified atom stereocenters. The van der Waals surface area contributed by atoms with Crippen LogP contribution < -0.4 is 20.7 Å². The Morgan fingerprint density at radius 3 is 2.26 bits per heavy atom. The molecule has 2 aromatic carbocycles. The van der Waals surface area contributed by atoms with Gasteiger partial charge in [-0.1, -0.05) is 12.1 Å². The van der Waals surface area contributed by atoms with Gasteiger partial charge in [0.2, 0.25) is 5.69 Å². The van der Waals surface area contributed by atoms with Crippen LogP contribution in [0.15, 0.2) is 58.1 Å². The van der Waals surface area contributed by atoms with E-state index in [1.54, 1.807) is 67.7 Å². The van der Waals surface area contributed by atoms with Crippen molar-refractivity contribution in [1.82, 2.24) is 24.1 Å². The molecule has 178 valence electrons. The first kappa shape index (κ1) is 23.2. The van der Waals surface area contributed by atoms with Crippen molar-refractivity contribution in [3.8, 4) is 17.2 Å². The van der Waals surface area contributed by atoms with Crippen molar-refractivity contribution in [2.75, 3.05) is 47.4 Å². The number of methoxy groups -OCH3 is 2. The Morgan fingerprint density at radius 1 is 0.941 bits per heavy atom. The molecule has 0 radical (unpaired) electrons. The number of hydrogen-bond acceptors (Lipinski definition) is 7. The molecule has 2 heterocycles. The van der Waals surface area contributed by atoms with Gasteiger partial charge >= 0.3 is 5.69 Å². The number of piperazine rings is 1. The van der Waals surface area contributed by atoms with Crippen LogP contribution in [-0.2, 0) is 6.54 Å². The zero-order chi connectivity index (χ0) is 24.2. The van der Waals surface area contributed by atoms with Crippen molar-refractivity contribution >= 4 is 5.91 Å². The quantitative estimate of drug-likeness (QED) is 0.532. The molecule has 0 spiro atoms. The second kappa shape index (κ2) is 9.92. The third-order valence-electron chi connectivity index (χ3n) is 5.84. The molecule has 1 saturated heterocycles. The number of ether oxygens (including phenoxy) is 2. The zero-order valence-electron chi connectivity index (χ0n) is 19.4. The first-order valence-corrected chi connectivity index (χ1v) is 10.9. The van der Waals surface area contributed by atoms with Crippen LogP contribution in [-0.4, -0.2) is 77.5 Å². The molecular weight excluding hydrogens is 438 g/mol. The Bertz CT molecular complexity index is 1290. The molecule has 0 saturated carbocycles. The summed E-state index contributed by atoms with van der Waals surface area (Å²) in [7, 11) is 5.06. The van der Waals surface area contributed by atoms with Crippen molar-refractivity contribution < 1.29 is 14.3 Å². The van der Waals surface area contributed by atoms with Crippen LogP contribution in [0, 0.1) is 0 Å². The maximum atomic E-state index is 13.4. The average molecular weight is 466 g/mol. The summed E-state index contributed by atoms with van der Waals surface area (Å²) >= 11 is 0. The number of rotatable bonds is 6. The minimum Gasteiger partial charge on any atom is -0.497 e. The van der Waals surface area contributed by atoms with Gasteiger partial charge in [0.1, 0.15) is 11.5 Å². The van der Waals surface area contributed by atoms with Gasteiger partial charge < -0.3 is 19.3 Å². The number of aromatic nitrogens is 3. The molecule has 0 bridgehead atoms. The molecule has 10 nitrogen and oxygen atoms in total. The number of amides is 1. The van der Waals surface area contributed by atoms with Crippen molar-refractivity contribution in [2.24, 2.45) is 0 Å². The predicted molar refractivity (Wildman–Crippen MR) is 126 cm³/mol. The van der Waals surface area contributed by atoms with E-state index in [-0.39, 0.29) is 12.2 Å². The molecule has 4 rings (SSSR count). The van der Waals surface area contributed by atoms with E-state index in [0.717, 1.165) is 9.25 Å². The van der Waals surface area contributed by atoms with E-state index < -0.39 is 17.2 Å². The zero-order valence-corrected chi connectivity index (χ0v) is 19.4. The van der Waals surface area contributed by atoms with Crippen molar-refractivity contribution in [3.05, 3.63) is 80.6 Å². The van der Waals surface area contributed by atoms with Crippen LogP contribution >= 0.6 is 0 Å². The minimum atomic E-state index is -0.721. The predicted octanol–water partition coefficient (Wildman–Crippen LogP) is 0.847. The summed E-state index contributed by atoms with van der Waals surface area (Å²) in [4.78, 5) is 43.7. The topological polar surface area (TPSA) is 98.9 Å². The lowest BCUT2D eigenvalue weighted by molar-refractivity contribution is 0.0652. The van der Waals surface area contributed by atoms with E-state index in [1.807, 2.05) is 7.05 Å². The molecule has 34 heavy (non-hydrogen) atoms. The average Bonchev–Trinajstić information content (AvgIpc) is 2.87. The van der Waals surface area contributed by atoms with Crippen LogP contribution in [0.4, 0.5) is 0 Å². The Hall–Kier alpha value is -3.92. The summed E-state index contributed by atoms with van der Waals surface area (Å²) in [6.45, 7) is 2.32. The number of carbonyl (C=O) groups is 1. The number of nitrogens with zero attached hydrogens (tertiary/aromatic N) is 5. The molecular formula is C24H27N5O5. The Kier molecular flexibility index (Phi) is 6.78. The van der Waals surface area contributed by atoms with Crippen LogP contribution in [0.5, 0.6) is 11.5 Å². The van der Waals surface area contributed by atoms with Crippen LogP contribution in [0.25, 0.3) is 5.69 Å². The molecule has 1 aliphatic heterocycles. The van der Waals surface area contributed by atoms with Gasteiger partial charge in [-0.05, 0) is 49.0 Å². The fourth-order valence-corrected chi connectivity index (χ4v) is 3.79. The van der Waals surface area contributed by atoms with Crippen molar-refractivity contribution in [3.63, 3.8) is 0 Å². The molecule has 0 atom stereocenters. The highest BCUT2D eigenvalue weighted by Gasteiger charge is 2.27. The van der Waals surface area contributed by atoms with E-state index in [4.69, 9.17) is 9.47 Å². The summed E-state index contributed by atoms with van der Waals surface area (Å²) < 4.78 is 12.6. The molecule has 0 N–H and O–H groups in total. The molecule has 1 aromatic heterocycles. The second-order valence-corrected chi connectivity index (χ2v) is 8.08. The molecule has 1 amide bonds. The summed E-state index contributed by atoms with van der Waals surface area (Å²) in [6.07, 6.45) is 0. The second-order valence-electron chi connectivity index (χ2n) is 8.08. The summed E-state index contributed by atoms with van der Waals surface area (Å²) in [6, 6.07) is 13.7. The van der Waals surface area contributed by atoms with E-state index >= 15 is 0 Å². The largest absolute Gasteiger partial charge is 0.497 e. The summed E-state index contributed by atoms with van der Waals surface area (Å²) in [5, 5.41) is 4.23. The molecule has 1 aliphatic rings. The Morgan fingerprint density at radius 2 is 1.62 bits per heavy atom. The first-order valence-electron chi connectivity index (χ1n) is 10.9. The van der Waals surface area contributed by atoms with Gasteiger partial charge in [0, 0.05) is 26.2 Å². The minimum absolute atomic E-state index is 0.0312. The van der Waals surface area contributed by atoms with E-state index in [9.17, 15) is 14.4 Å². The SMILES string of the molecule is COc1ccc(-n2nc(C(=O)N3CCN(C)CC3)c(=O)n(Cc3cccc(OC)c3)c2=O)cc1. The lowest BCUT2D eigenvalue weighted by Crippen LogP contribution is -2.51. The van der Waals surface area contributed by atoms with Crippen LogP contribution in [0.3, 0.4) is 0 Å². The van der Waals surface area contributed by atoms with E-state index in [0.29, 0.717) is 48.9 Å². The smallest absolute Gasteiger partial charge is 0.352 e. The first-order chi connectivity index (χ1) is 16.4. The molecule has 0 aliphatic carbocycles. The third kappa shape index (κ3) is 4.72. The van der Waals surface area contributed by atoms with Crippen LogP contribution in [0.1, 0.15) is 16.1 Å². The maximum Gasteiger partial charge on any atom is 0.352 e. The number of benzene rings is 2. The fraction of sp³-hybridized carbons (Fsp3) is 0.333. The van der Waals surface area contributed by atoms with Crippen molar-refractivity contribution in [2.45, 2.75) is 6.54 Å². The van der Waals surface area contributed by atoms with E-state index in [2.05, 4.69) is 10.00 Å². The molecule has 3 aromatic rings. The lowest BCUT2D eigenvalue weighted by Gasteiger charge is -2.32. The molecule has 1 fully saturated rings. The highest BCUT2D eigenvalue weighted by atomic mass is 16.5. The number of likely N-dealkylation sites (N-methyl/N-ethyl adjacent to an activating group) is 1. The fourth-order valence-electron chi connectivity index (χ4n) is 3.79. The monoisotopic (exact) mass is 465 g/mol. The van der Waals surface area contributed by atoms with Gasteiger partial charge in [0.15, 0.2) is 0 Å². The van der Waals surface area contributed by atoms with Gasteiger partial charge in [-0.2, -0.15) is 9.78 Å². The normalized spacial score (nSPS) is 14.1. The Labute approximate surface area is 196 Å². The highest BCUT2D eigenvalue weighted by Crippen LogP contribution is 2.15. The summed E-state index contributed by atoms with van der Waals surface area (Å²) in [5.41, 5.74) is -0.557. The standard InChI is InChI=1S/C24H27N5O5/c1-26-11-13-27(14-12-26)22(30)21-23(31)28(16-17-5-4-6-20(15-17)34-3)24(32)29(25-21)18-7-9-19(33-2)10-8-18/h4-10,15H,11-14,16H2,1-3H3. The van der Waals surface area contributed by atoms with E-state index in [1.165, 1.54) is 0 Å². The lowest BCUT2D eigenvalue weighted by atomic mass is 10.2. The summed E-state index contributed by atoms with van der Waals surface area (Å²) in [5.74, 6) is 0.721. The number of hydrogen-bond donors (Lipinski definition) is 0. The van der Waals surface area contributed by atoms with Gasteiger partial charge in [0.25, 0.3) is 11.5 Å². The van der Waals surface area contributed by atoms with Crippen molar-refractivity contribution in [1.29, 1.82) is 0 Å². The highest BCUT2D eigenvalue weighted by molar-refractivity contribution is 5.92. The van der Waals surface area contributed by atoms with Crippen LogP contribution in [0.2, 0.25) is 0 Å². The Balaban J connectivity index is 1.83. The van der Waals surface area contributed by atoms with Gasteiger partial charge in [-0.15, -0.1) is 0 Å². The third-order valence-corrected chi connectivity index (χ3v) is 5.84. The van der Waals surface area contributed by atoms with Gasteiger partial charge in [-0.25, -0.2) is 4.79 Å². The van der Waals surface area contributed by atoms with Gasteiger partial charge in [-0.3, -0.25) is 14.2 Å². The maximum absolute atomic E-state index is 13.4. The molecule has 10 heteroatoms.